The van der Waals surface area contributed by atoms with Gasteiger partial charge in [-0.05, 0) is 57.2 Å². The minimum Gasteiger partial charge on any atom is -0.485 e. The smallest absolute Gasteiger partial charge is 0.328 e. The molecule has 0 aromatic heterocycles. The third kappa shape index (κ3) is 5.87. The Morgan fingerprint density at radius 2 is 1.77 bits per heavy atom. The van der Waals surface area contributed by atoms with E-state index in [2.05, 4.69) is 4.99 Å². The summed E-state index contributed by atoms with van der Waals surface area (Å²) in [6.07, 6.45) is 1.93. The quantitative estimate of drug-likeness (QED) is 0.600. The summed E-state index contributed by atoms with van der Waals surface area (Å²) in [4.78, 5) is 16.5. The summed E-state index contributed by atoms with van der Waals surface area (Å²) in [6, 6.07) is 5.59. The Bertz CT molecular complexity index is 976. The van der Waals surface area contributed by atoms with Gasteiger partial charge in [0.1, 0.15) is 5.60 Å². The van der Waals surface area contributed by atoms with Crippen LogP contribution >= 0.6 is 0 Å². The predicted molar refractivity (Wildman–Crippen MR) is 121 cm³/mol. The molecule has 0 fully saturated rings. The van der Waals surface area contributed by atoms with Gasteiger partial charge in [0, 0.05) is 6.26 Å². The van der Waals surface area contributed by atoms with Crippen LogP contribution in [0.25, 0.3) is 5.57 Å². The zero-order valence-corrected chi connectivity index (χ0v) is 20.1. The molecule has 172 valence electrons. The third-order valence-electron chi connectivity index (χ3n) is 5.12. The molecule has 0 amide bonds. The summed E-state index contributed by atoms with van der Waals surface area (Å²) in [7, 11) is -3.33. The normalized spacial score (nSPS) is 21.6. The highest BCUT2D eigenvalue weighted by molar-refractivity contribution is 7.90. The van der Waals surface area contributed by atoms with Crippen LogP contribution in [0, 0.1) is 5.92 Å². The maximum absolute atomic E-state index is 11.8. The predicted octanol–water partition coefficient (Wildman–Crippen LogP) is 4.32. The van der Waals surface area contributed by atoms with Gasteiger partial charge in [-0.15, -0.1) is 0 Å². The second-order valence-corrected chi connectivity index (χ2v) is 10.8. The van der Waals surface area contributed by atoms with Crippen LogP contribution in [0.5, 0.6) is 0 Å². The maximum Gasteiger partial charge on any atom is 0.328 e. The van der Waals surface area contributed by atoms with Gasteiger partial charge in [-0.25, -0.2) is 18.2 Å². The molecule has 8 heteroatoms. The highest BCUT2D eigenvalue weighted by atomic mass is 32.2. The lowest BCUT2D eigenvalue weighted by atomic mass is 9.88. The van der Waals surface area contributed by atoms with Crippen LogP contribution in [0.1, 0.15) is 59.9 Å². The molecule has 0 saturated carbocycles. The van der Waals surface area contributed by atoms with Crippen LogP contribution in [0.15, 0.2) is 39.9 Å². The fourth-order valence-electron chi connectivity index (χ4n) is 3.44. The van der Waals surface area contributed by atoms with Crippen LogP contribution in [0.2, 0.25) is 0 Å². The zero-order valence-electron chi connectivity index (χ0n) is 19.3. The van der Waals surface area contributed by atoms with Gasteiger partial charge in [-0.3, -0.25) is 0 Å². The van der Waals surface area contributed by atoms with Crippen LogP contribution in [0.3, 0.4) is 0 Å². The monoisotopic (exact) mass is 451 g/mol. The molecule has 0 radical (unpaired) electrons. The molecule has 31 heavy (non-hydrogen) atoms. The molecule has 1 aromatic rings. The number of hydrogen-bond acceptors (Lipinski definition) is 6. The van der Waals surface area contributed by atoms with Gasteiger partial charge in [-0.2, -0.15) is 0 Å². The van der Waals surface area contributed by atoms with Crippen LogP contribution < -0.4 is 0 Å². The first-order chi connectivity index (χ1) is 14.3. The molecular formula is C23H33NO6S. The van der Waals surface area contributed by atoms with Crippen molar-refractivity contribution in [2.24, 2.45) is 10.9 Å². The number of carbonyl (C=O) groups is 1. The Kier molecular flexibility index (Phi) is 7.57. The molecule has 0 unspecified atom stereocenters. The van der Waals surface area contributed by atoms with E-state index >= 15 is 0 Å². The van der Waals surface area contributed by atoms with E-state index in [0.717, 1.165) is 17.4 Å². The summed E-state index contributed by atoms with van der Waals surface area (Å²) in [6.45, 7) is 11.5. The van der Waals surface area contributed by atoms with E-state index in [0.29, 0.717) is 18.6 Å². The Morgan fingerprint density at radius 1 is 1.19 bits per heavy atom. The van der Waals surface area contributed by atoms with Crippen molar-refractivity contribution in [1.29, 1.82) is 0 Å². The van der Waals surface area contributed by atoms with Crippen molar-refractivity contribution in [3.8, 4) is 0 Å². The number of nitrogens with zero attached hydrogens (tertiary/aromatic N) is 1. The van der Waals surface area contributed by atoms with Gasteiger partial charge < -0.3 is 14.6 Å². The fraction of sp³-hybridized carbons (Fsp3) is 0.565. The number of aliphatic imine (C=N–C) groups is 1. The third-order valence-corrected chi connectivity index (χ3v) is 6.25. The van der Waals surface area contributed by atoms with Gasteiger partial charge in [-0.1, -0.05) is 32.9 Å². The van der Waals surface area contributed by atoms with E-state index in [1.807, 2.05) is 41.5 Å². The Balaban J connectivity index is 2.68. The highest BCUT2D eigenvalue weighted by Gasteiger charge is 2.44. The number of carboxylic acid groups (broad SMARTS) is 1. The summed E-state index contributed by atoms with van der Waals surface area (Å²) in [5.74, 6) is -0.293. The number of rotatable bonds is 9. The molecule has 1 N–H and O–H groups in total. The zero-order chi connectivity index (χ0) is 23.6. The first kappa shape index (κ1) is 24.9. The Hall–Kier alpha value is -2.35. The highest BCUT2D eigenvalue weighted by Crippen LogP contribution is 2.43. The summed E-state index contributed by atoms with van der Waals surface area (Å²) < 4.78 is 36.0. The number of ether oxygens (including phenoxy) is 2. The lowest BCUT2D eigenvalue weighted by molar-refractivity contribution is -0.138. The number of hydrogen-bond donors (Lipinski definition) is 1. The van der Waals surface area contributed by atoms with Crippen molar-refractivity contribution in [3.63, 3.8) is 0 Å². The summed E-state index contributed by atoms with van der Waals surface area (Å²) >= 11 is 0. The first-order valence-electron chi connectivity index (χ1n) is 10.5. The average Bonchev–Trinajstić information content (AvgIpc) is 2.91. The number of carboxylic acids is 1. The molecule has 2 atom stereocenters. The molecule has 2 rings (SSSR count). The van der Waals surface area contributed by atoms with Crippen molar-refractivity contribution in [1.82, 2.24) is 0 Å². The molecule has 0 bridgehead atoms. The lowest BCUT2D eigenvalue weighted by Crippen LogP contribution is -2.28. The van der Waals surface area contributed by atoms with Crippen molar-refractivity contribution >= 4 is 27.3 Å². The van der Waals surface area contributed by atoms with Gasteiger partial charge >= 0.3 is 5.97 Å². The number of aliphatic carboxylic acids is 1. The molecule has 7 nitrogen and oxygen atoms in total. The largest absolute Gasteiger partial charge is 0.485 e. The van der Waals surface area contributed by atoms with Crippen molar-refractivity contribution in [2.75, 3.05) is 6.26 Å². The molecule has 1 heterocycles. The Labute approximate surface area is 185 Å². The molecule has 1 aromatic carbocycles. The molecule has 1 aliphatic rings. The molecule has 1 aliphatic heterocycles. The Morgan fingerprint density at radius 3 is 2.19 bits per heavy atom. The van der Waals surface area contributed by atoms with Crippen LogP contribution in [-0.4, -0.2) is 49.4 Å². The summed E-state index contributed by atoms with van der Waals surface area (Å²) in [5, 5.41) is 9.65. The molecular weight excluding hydrogens is 418 g/mol. The van der Waals surface area contributed by atoms with Crippen LogP contribution in [0.4, 0.5) is 0 Å². The van der Waals surface area contributed by atoms with Crippen LogP contribution in [-0.2, 0) is 24.1 Å². The van der Waals surface area contributed by atoms with Gasteiger partial charge in [0.05, 0.1) is 16.6 Å². The van der Waals surface area contributed by atoms with Gasteiger partial charge in [0.15, 0.2) is 21.6 Å². The van der Waals surface area contributed by atoms with Gasteiger partial charge in [0.2, 0.25) is 0 Å². The fourth-order valence-corrected chi connectivity index (χ4v) is 4.07. The summed E-state index contributed by atoms with van der Waals surface area (Å²) in [5.41, 5.74) is 0.681. The van der Waals surface area contributed by atoms with Crippen molar-refractivity contribution in [2.45, 2.75) is 77.0 Å². The van der Waals surface area contributed by atoms with E-state index in [1.165, 1.54) is 0 Å². The van der Waals surface area contributed by atoms with Crippen molar-refractivity contribution in [3.05, 3.63) is 35.6 Å². The standard InChI is InChI=1S/C23H33NO6S/c1-8-23(6)19(16-9-11-17(12-10-16)31(7,27)28)20(29-15(4)5)21(30-23)24-18(22(25)26)13-14(2)3/h9-12,14-15,18H,8,13H2,1-7H3,(H,25,26)/t18-,23-/m0/s1. The van der Waals surface area contributed by atoms with E-state index in [-0.39, 0.29) is 22.8 Å². The van der Waals surface area contributed by atoms with E-state index in [4.69, 9.17) is 9.47 Å². The second-order valence-electron chi connectivity index (χ2n) is 8.77. The number of benzene rings is 1. The minimum atomic E-state index is -3.33. The molecule has 0 spiro atoms. The topological polar surface area (TPSA) is 102 Å². The average molecular weight is 452 g/mol. The number of sulfone groups is 1. The second kappa shape index (κ2) is 9.42. The maximum atomic E-state index is 11.8. The lowest BCUT2D eigenvalue weighted by Gasteiger charge is -2.25. The van der Waals surface area contributed by atoms with E-state index < -0.39 is 27.4 Å². The minimum absolute atomic E-state index is 0.144. The van der Waals surface area contributed by atoms with E-state index in [1.54, 1.807) is 24.3 Å². The van der Waals surface area contributed by atoms with Gasteiger partial charge in [0.25, 0.3) is 5.90 Å². The molecule has 0 saturated heterocycles. The van der Waals surface area contributed by atoms with Crippen molar-refractivity contribution < 1.29 is 27.8 Å². The molecule has 0 aliphatic carbocycles. The first-order valence-corrected chi connectivity index (χ1v) is 12.4. The SMILES string of the molecule is CC[C@]1(C)OC(=N[C@@H](CC(C)C)C(=O)O)C(OC(C)C)=C1c1ccc(S(C)(=O)=O)cc1. The van der Waals surface area contributed by atoms with E-state index in [9.17, 15) is 18.3 Å².